The zero-order valence-corrected chi connectivity index (χ0v) is 19.0. The fourth-order valence-corrected chi connectivity index (χ4v) is 3.59. The van der Waals surface area contributed by atoms with Crippen LogP contribution in [0, 0.1) is 12.8 Å². The molecule has 0 spiro atoms. The minimum absolute atomic E-state index is 0.0716. The number of amides is 2. The van der Waals surface area contributed by atoms with Crippen molar-refractivity contribution in [2.45, 2.75) is 45.2 Å². The van der Waals surface area contributed by atoms with Gasteiger partial charge in [-0.2, -0.15) is 0 Å². The van der Waals surface area contributed by atoms with Crippen LogP contribution in [0.2, 0.25) is 5.02 Å². The minimum atomic E-state index is -0.548. The number of hydrogen-bond acceptors (Lipinski definition) is 3. The van der Waals surface area contributed by atoms with E-state index in [-0.39, 0.29) is 17.6 Å². The Morgan fingerprint density at radius 2 is 1.66 bits per heavy atom. The van der Waals surface area contributed by atoms with Crippen LogP contribution in [0.4, 0.5) is 0 Å². The van der Waals surface area contributed by atoms with Gasteiger partial charge in [0.15, 0.2) is 0 Å². The van der Waals surface area contributed by atoms with Crippen LogP contribution in [0.3, 0.4) is 0 Å². The number of halogens is 1. The normalized spacial score (nSPS) is 11.9. The Balaban J connectivity index is 2.10. The Morgan fingerprint density at radius 1 is 1.03 bits per heavy atom. The lowest BCUT2D eigenvalue weighted by Crippen LogP contribution is -2.48. The summed E-state index contributed by atoms with van der Waals surface area (Å²) in [5, 5.41) is 3.60. The fraction of sp³-hybridized carbons (Fsp3) is 0.391. The molecule has 0 saturated carbocycles. The highest BCUT2D eigenvalue weighted by molar-refractivity contribution is 8.00. The number of carbonyl (C=O) groups is 2. The summed E-state index contributed by atoms with van der Waals surface area (Å²) in [4.78, 5) is 28.3. The molecule has 0 fully saturated rings. The molecule has 156 valence electrons. The van der Waals surface area contributed by atoms with Crippen LogP contribution < -0.4 is 5.32 Å². The highest BCUT2D eigenvalue weighted by Gasteiger charge is 2.26. The van der Waals surface area contributed by atoms with Gasteiger partial charge in [-0.15, -0.1) is 11.8 Å². The summed E-state index contributed by atoms with van der Waals surface area (Å²) in [6, 6.07) is 14.9. The average molecular weight is 433 g/mol. The summed E-state index contributed by atoms with van der Waals surface area (Å²) in [6.07, 6.45) is 0. The van der Waals surface area contributed by atoms with Gasteiger partial charge in [0.2, 0.25) is 11.8 Å². The number of benzene rings is 2. The van der Waals surface area contributed by atoms with Crippen LogP contribution in [0.5, 0.6) is 0 Å². The SMILES string of the molecule is Cc1ccc(CN(C(=O)CSc2ccc(Cl)cc2)C(C)C(=O)NCC(C)C)cc1. The second-order valence-corrected chi connectivity index (χ2v) is 9.05. The molecule has 1 N–H and O–H groups in total. The average Bonchev–Trinajstić information content (AvgIpc) is 2.70. The molecular weight excluding hydrogens is 404 g/mol. The maximum Gasteiger partial charge on any atom is 0.242 e. The summed E-state index contributed by atoms with van der Waals surface area (Å²) in [7, 11) is 0. The first-order valence-electron chi connectivity index (χ1n) is 9.77. The second kappa shape index (κ2) is 11.3. The van der Waals surface area contributed by atoms with Gasteiger partial charge in [0.25, 0.3) is 0 Å². The Labute approximate surface area is 183 Å². The maximum atomic E-state index is 13.0. The van der Waals surface area contributed by atoms with E-state index in [1.807, 2.05) is 57.2 Å². The Morgan fingerprint density at radius 3 is 2.24 bits per heavy atom. The van der Waals surface area contributed by atoms with Gasteiger partial charge in [0.1, 0.15) is 6.04 Å². The van der Waals surface area contributed by atoms with E-state index in [4.69, 9.17) is 11.6 Å². The number of nitrogens with zero attached hydrogens (tertiary/aromatic N) is 1. The van der Waals surface area contributed by atoms with Gasteiger partial charge in [0.05, 0.1) is 5.75 Å². The third-order valence-corrected chi connectivity index (χ3v) is 5.75. The molecule has 1 unspecified atom stereocenters. The van der Waals surface area contributed by atoms with E-state index in [0.29, 0.717) is 24.0 Å². The molecule has 1 atom stereocenters. The van der Waals surface area contributed by atoms with Crippen LogP contribution in [0.25, 0.3) is 0 Å². The van der Waals surface area contributed by atoms with Gasteiger partial charge in [-0.05, 0) is 49.6 Å². The van der Waals surface area contributed by atoms with Crippen molar-refractivity contribution in [3.05, 3.63) is 64.7 Å². The van der Waals surface area contributed by atoms with E-state index in [1.54, 1.807) is 24.0 Å². The molecule has 0 aromatic heterocycles. The molecule has 2 amide bonds. The number of aryl methyl sites for hydroxylation is 1. The standard InChI is InChI=1S/C23H29ClN2O2S/c1-16(2)13-25-23(28)18(4)26(14-19-7-5-17(3)6-8-19)22(27)15-29-21-11-9-20(24)10-12-21/h5-12,16,18H,13-15H2,1-4H3,(H,25,28). The van der Waals surface area contributed by atoms with Crippen LogP contribution >= 0.6 is 23.4 Å². The zero-order valence-electron chi connectivity index (χ0n) is 17.4. The lowest BCUT2D eigenvalue weighted by Gasteiger charge is -2.29. The topological polar surface area (TPSA) is 49.4 Å². The van der Waals surface area contributed by atoms with Gasteiger partial charge >= 0.3 is 0 Å². The molecule has 0 aliphatic carbocycles. The van der Waals surface area contributed by atoms with Crippen molar-refractivity contribution in [3.63, 3.8) is 0 Å². The summed E-state index contributed by atoms with van der Waals surface area (Å²) < 4.78 is 0. The first-order valence-corrected chi connectivity index (χ1v) is 11.1. The van der Waals surface area contributed by atoms with Crippen molar-refractivity contribution in [1.29, 1.82) is 0 Å². The molecule has 2 rings (SSSR count). The molecule has 6 heteroatoms. The smallest absolute Gasteiger partial charge is 0.242 e. The predicted octanol–water partition coefficient (Wildman–Crippen LogP) is 4.93. The third kappa shape index (κ3) is 7.75. The van der Waals surface area contributed by atoms with Crippen molar-refractivity contribution in [3.8, 4) is 0 Å². The largest absolute Gasteiger partial charge is 0.354 e. The molecule has 0 aliphatic heterocycles. The number of thioether (sulfide) groups is 1. The minimum Gasteiger partial charge on any atom is -0.354 e. The molecule has 29 heavy (non-hydrogen) atoms. The number of hydrogen-bond donors (Lipinski definition) is 1. The lowest BCUT2D eigenvalue weighted by atomic mass is 10.1. The van der Waals surface area contributed by atoms with Gasteiger partial charge in [-0.25, -0.2) is 0 Å². The van der Waals surface area contributed by atoms with E-state index >= 15 is 0 Å². The van der Waals surface area contributed by atoms with Gasteiger partial charge in [-0.1, -0.05) is 55.3 Å². The van der Waals surface area contributed by atoms with Crippen LogP contribution in [-0.2, 0) is 16.1 Å². The highest BCUT2D eigenvalue weighted by atomic mass is 35.5. The predicted molar refractivity (Wildman–Crippen MR) is 121 cm³/mol. The van der Waals surface area contributed by atoms with Crippen molar-refractivity contribution in [1.82, 2.24) is 10.2 Å². The number of nitrogens with one attached hydrogen (secondary N) is 1. The molecule has 0 heterocycles. The monoisotopic (exact) mass is 432 g/mol. The summed E-state index contributed by atoms with van der Waals surface area (Å²) in [6.45, 7) is 8.89. The van der Waals surface area contributed by atoms with Gasteiger partial charge in [-0.3, -0.25) is 9.59 Å². The molecule has 0 bridgehead atoms. The Hall–Kier alpha value is -1.98. The van der Waals surface area contributed by atoms with Crippen LogP contribution in [-0.4, -0.2) is 35.1 Å². The van der Waals surface area contributed by atoms with Crippen molar-refractivity contribution >= 4 is 35.2 Å². The van der Waals surface area contributed by atoms with Crippen molar-refractivity contribution in [2.24, 2.45) is 5.92 Å². The molecule has 4 nitrogen and oxygen atoms in total. The van der Waals surface area contributed by atoms with Gasteiger partial charge in [0, 0.05) is 23.0 Å². The number of rotatable bonds is 9. The van der Waals surface area contributed by atoms with E-state index in [1.165, 1.54) is 11.8 Å². The molecule has 0 radical (unpaired) electrons. The Bertz CT molecular complexity index is 807. The summed E-state index contributed by atoms with van der Waals surface area (Å²) >= 11 is 7.37. The third-order valence-electron chi connectivity index (χ3n) is 4.50. The molecule has 2 aromatic carbocycles. The van der Waals surface area contributed by atoms with Gasteiger partial charge < -0.3 is 10.2 Å². The first kappa shape index (κ1) is 23.3. The second-order valence-electron chi connectivity index (χ2n) is 7.56. The summed E-state index contributed by atoms with van der Waals surface area (Å²) in [5.41, 5.74) is 2.16. The maximum absolute atomic E-state index is 13.0. The lowest BCUT2D eigenvalue weighted by molar-refractivity contribution is -0.138. The first-order chi connectivity index (χ1) is 13.8. The molecule has 0 aliphatic rings. The van der Waals surface area contributed by atoms with E-state index in [9.17, 15) is 9.59 Å². The number of carbonyl (C=O) groups excluding carboxylic acids is 2. The van der Waals surface area contributed by atoms with E-state index in [2.05, 4.69) is 5.32 Å². The molecule has 0 saturated heterocycles. The summed E-state index contributed by atoms with van der Waals surface area (Å²) in [5.74, 6) is 0.413. The molecule has 2 aromatic rings. The quantitative estimate of drug-likeness (QED) is 0.571. The van der Waals surface area contributed by atoms with E-state index in [0.717, 1.165) is 16.0 Å². The fourth-order valence-electron chi connectivity index (χ4n) is 2.68. The van der Waals surface area contributed by atoms with Crippen molar-refractivity contribution in [2.75, 3.05) is 12.3 Å². The zero-order chi connectivity index (χ0) is 21.4. The van der Waals surface area contributed by atoms with E-state index < -0.39 is 6.04 Å². The Kier molecular flexibility index (Phi) is 9.05. The molecular formula is C23H29ClN2O2S. The van der Waals surface area contributed by atoms with Crippen LogP contribution in [0.15, 0.2) is 53.4 Å². The highest BCUT2D eigenvalue weighted by Crippen LogP contribution is 2.22. The van der Waals surface area contributed by atoms with Crippen LogP contribution in [0.1, 0.15) is 31.9 Å². The van der Waals surface area contributed by atoms with Crippen molar-refractivity contribution < 1.29 is 9.59 Å².